The summed E-state index contributed by atoms with van der Waals surface area (Å²) in [7, 11) is 0. The highest BCUT2D eigenvalue weighted by atomic mass is 32.1. The molecule has 1 amide bonds. The van der Waals surface area contributed by atoms with Gasteiger partial charge in [0, 0.05) is 23.7 Å². The van der Waals surface area contributed by atoms with E-state index < -0.39 is 0 Å². The lowest BCUT2D eigenvalue weighted by Crippen LogP contribution is -2.36. The number of rotatable bonds is 3. The summed E-state index contributed by atoms with van der Waals surface area (Å²) in [5.74, 6) is -0.524. The molecule has 1 aliphatic carbocycles. The van der Waals surface area contributed by atoms with Crippen molar-refractivity contribution in [3.8, 4) is 10.4 Å². The van der Waals surface area contributed by atoms with Gasteiger partial charge in [0.2, 0.25) is 0 Å². The lowest BCUT2D eigenvalue weighted by atomic mass is 9.91. The Labute approximate surface area is 172 Å². The number of nitrogens with one attached hydrogen (secondary N) is 1. The van der Waals surface area contributed by atoms with Gasteiger partial charge in [-0.05, 0) is 53.8 Å². The minimum absolute atomic E-state index is 0.194. The van der Waals surface area contributed by atoms with E-state index in [1.807, 2.05) is 17.0 Å². The monoisotopic (exact) mass is 408 g/mol. The fourth-order valence-corrected chi connectivity index (χ4v) is 5.19. The third kappa shape index (κ3) is 3.54. The van der Waals surface area contributed by atoms with Crippen molar-refractivity contribution < 1.29 is 13.9 Å². The first-order valence-electron chi connectivity index (χ1n) is 9.83. The Morgan fingerprint density at radius 2 is 1.83 bits per heavy atom. The molecular weight excluding hydrogens is 387 g/mol. The topological polar surface area (TPSA) is 41.6 Å². The number of hydrogen-bond donors (Lipinski definition) is 1. The van der Waals surface area contributed by atoms with Crippen LogP contribution in [0, 0.1) is 5.82 Å². The van der Waals surface area contributed by atoms with E-state index in [9.17, 15) is 9.18 Å². The van der Waals surface area contributed by atoms with Crippen LogP contribution < -0.4 is 10.2 Å². The van der Waals surface area contributed by atoms with Gasteiger partial charge in [-0.1, -0.05) is 24.3 Å². The largest absolute Gasteiger partial charge is 0.378 e. The van der Waals surface area contributed by atoms with E-state index in [-0.39, 0.29) is 11.7 Å². The molecule has 1 saturated heterocycles. The molecule has 1 aromatic heterocycles. The second-order valence-electron chi connectivity index (χ2n) is 7.34. The minimum atomic E-state index is -0.330. The molecule has 2 aliphatic rings. The van der Waals surface area contributed by atoms with Crippen molar-refractivity contribution in [1.29, 1.82) is 0 Å². The molecule has 0 radical (unpaired) electrons. The summed E-state index contributed by atoms with van der Waals surface area (Å²) in [5, 5.41) is 2.85. The number of aryl methyl sites for hydroxylation is 2. The molecule has 0 bridgehead atoms. The van der Waals surface area contributed by atoms with Gasteiger partial charge in [0.1, 0.15) is 5.82 Å². The number of thiophene rings is 1. The van der Waals surface area contributed by atoms with Crippen molar-refractivity contribution in [3.05, 3.63) is 70.4 Å². The normalized spacial score (nSPS) is 15.6. The number of halogens is 1. The Morgan fingerprint density at radius 1 is 1.03 bits per heavy atom. The Balaban J connectivity index is 1.35. The van der Waals surface area contributed by atoms with Crippen LogP contribution in [0.2, 0.25) is 0 Å². The Morgan fingerprint density at radius 3 is 2.66 bits per heavy atom. The van der Waals surface area contributed by atoms with Gasteiger partial charge >= 0.3 is 0 Å². The summed E-state index contributed by atoms with van der Waals surface area (Å²) in [4.78, 5) is 16.6. The zero-order valence-electron chi connectivity index (χ0n) is 15.9. The fourth-order valence-electron chi connectivity index (χ4n) is 4.02. The SMILES string of the molecule is O=C(Nc1ccc(N2CCOCC2)c(F)c1)c1cc2c(s1)-c1ccccc1CC2. The van der Waals surface area contributed by atoms with Crippen LogP contribution in [0.3, 0.4) is 0 Å². The quantitative estimate of drug-likeness (QED) is 0.681. The second-order valence-corrected chi connectivity index (χ2v) is 8.39. The molecule has 6 heteroatoms. The third-order valence-corrected chi connectivity index (χ3v) is 6.73. The molecule has 1 fully saturated rings. The fraction of sp³-hybridized carbons (Fsp3) is 0.261. The molecule has 148 valence electrons. The number of carbonyl (C=O) groups excluding carboxylic acids is 1. The molecule has 4 nitrogen and oxygen atoms in total. The second kappa shape index (κ2) is 7.61. The Hall–Kier alpha value is -2.70. The Bertz CT molecular complexity index is 1070. The molecule has 0 spiro atoms. The molecular formula is C23H21FN2O2S. The van der Waals surface area contributed by atoms with Gasteiger partial charge in [-0.15, -0.1) is 11.3 Å². The summed E-state index contributed by atoms with van der Waals surface area (Å²) in [6, 6.07) is 15.2. The van der Waals surface area contributed by atoms with Gasteiger partial charge in [-0.25, -0.2) is 4.39 Å². The average molecular weight is 408 g/mol. The molecule has 1 N–H and O–H groups in total. The van der Waals surface area contributed by atoms with E-state index in [1.54, 1.807) is 12.1 Å². The first-order valence-corrected chi connectivity index (χ1v) is 10.7. The van der Waals surface area contributed by atoms with Crippen LogP contribution in [-0.4, -0.2) is 32.2 Å². The zero-order valence-corrected chi connectivity index (χ0v) is 16.7. The molecule has 1 aliphatic heterocycles. The highest BCUT2D eigenvalue weighted by molar-refractivity contribution is 7.17. The van der Waals surface area contributed by atoms with Crippen molar-refractivity contribution in [3.63, 3.8) is 0 Å². The number of anilines is 2. The van der Waals surface area contributed by atoms with Crippen molar-refractivity contribution in [2.75, 3.05) is 36.5 Å². The van der Waals surface area contributed by atoms with Crippen molar-refractivity contribution >= 4 is 28.6 Å². The van der Waals surface area contributed by atoms with E-state index in [0.29, 0.717) is 42.6 Å². The molecule has 5 rings (SSSR count). The lowest BCUT2D eigenvalue weighted by molar-refractivity contribution is 0.103. The van der Waals surface area contributed by atoms with E-state index in [0.717, 1.165) is 12.8 Å². The van der Waals surface area contributed by atoms with Crippen LogP contribution >= 0.6 is 11.3 Å². The molecule has 2 heterocycles. The summed E-state index contributed by atoms with van der Waals surface area (Å²) in [5.41, 5.74) is 4.78. The lowest BCUT2D eigenvalue weighted by Gasteiger charge is -2.29. The van der Waals surface area contributed by atoms with Gasteiger partial charge in [0.25, 0.3) is 5.91 Å². The standard InChI is InChI=1S/C23H21FN2O2S/c24-19-14-17(7-8-20(19)26-9-11-28-12-10-26)25-23(27)21-13-16-6-5-15-3-1-2-4-18(15)22(16)29-21/h1-4,7-8,13-14H,5-6,9-12H2,(H,25,27). The number of nitrogens with zero attached hydrogens (tertiary/aromatic N) is 1. The number of morpholine rings is 1. The van der Waals surface area contributed by atoms with E-state index in [1.165, 1.54) is 39.0 Å². The van der Waals surface area contributed by atoms with Gasteiger partial charge < -0.3 is 15.0 Å². The number of carbonyl (C=O) groups is 1. The smallest absolute Gasteiger partial charge is 0.265 e. The summed E-state index contributed by atoms with van der Waals surface area (Å²) >= 11 is 1.51. The predicted molar refractivity (Wildman–Crippen MR) is 115 cm³/mol. The number of amides is 1. The molecule has 3 aromatic rings. The molecule has 0 atom stereocenters. The predicted octanol–water partition coefficient (Wildman–Crippen LogP) is 4.74. The summed E-state index contributed by atoms with van der Waals surface area (Å²) < 4.78 is 19.9. The van der Waals surface area contributed by atoms with Gasteiger partial charge in [0.05, 0.1) is 23.8 Å². The first kappa shape index (κ1) is 18.3. The third-order valence-electron chi connectivity index (χ3n) is 5.52. The minimum Gasteiger partial charge on any atom is -0.378 e. The van der Waals surface area contributed by atoms with Crippen molar-refractivity contribution in [2.24, 2.45) is 0 Å². The van der Waals surface area contributed by atoms with Crippen LogP contribution in [0.15, 0.2) is 48.5 Å². The van der Waals surface area contributed by atoms with Crippen LogP contribution in [0.4, 0.5) is 15.8 Å². The number of benzene rings is 2. The molecule has 29 heavy (non-hydrogen) atoms. The maximum Gasteiger partial charge on any atom is 0.265 e. The summed E-state index contributed by atoms with van der Waals surface area (Å²) in [6.07, 6.45) is 1.94. The zero-order chi connectivity index (χ0) is 19.8. The van der Waals surface area contributed by atoms with Crippen LogP contribution in [0.1, 0.15) is 20.8 Å². The van der Waals surface area contributed by atoms with E-state index >= 15 is 0 Å². The number of fused-ring (bicyclic) bond motifs is 3. The highest BCUT2D eigenvalue weighted by Crippen LogP contribution is 2.39. The molecule has 2 aromatic carbocycles. The van der Waals surface area contributed by atoms with Crippen LogP contribution in [-0.2, 0) is 17.6 Å². The maximum absolute atomic E-state index is 14.6. The summed E-state index contributed by atoms with van der Waals surface area (Å²) in [6.45, 7) is 2.55. The molecule has 0 unspecified atom stereocenters. The van der Waals surface area contributed by atoms with Crippen molar-refractivity contribution in [1.82, 2.24) is 0 Å². The first-order chi connectivity index (χ1) is 14.2. The van der Waals surface area contributed by atoms with Crippen molar-refractivity contribution in [2.45, 2.75) is 12.8 Å². The van der Waals surface area contributed by atoms with Gasteiger partial charge in [-0.3, -0.25) is 4.79 Å². The number of ether oxygens (including phenoxy) is 1. The van der Waals surface area contributed by atoms with Crippen LogP contribution in [0.5, 0.6) is 0 Å². The van der Waals surface area contributed by atoms with E-state index in [2.05, 4.69) is 23.5 Å². The number of hydrogen-bond acceptors (Lipinski definition) is 4. The molecule has 0 saturated carbocycles. The maximum atomic E-state index is 14.6. The van der Waals surface area contributed by atoms with Gasteiger partial charge in [-0.2, -0.15) is 0 Å². The van der Waals surface area contributed by atoms with E-state index in [4.69, 9.17) is 4.74 Å². The highest BCUT2D eigenvalue weighted by Gasteiger charge is 2.22. The average Bonchev–Trinajstić information content (AvgIpc) is 3.20. The van der Waals surface area contributed by atoms with Gasteiger partial charge in [0.15, 0.2) is 0 Å². The van der Waals surface area contributed by atoms with Crippen LogP contribution in [0.25, 0.3) is 10.4 Å². The Kier molecular flexibility index (Phi) is 4.81.